The number of allylic oxidation sites excluding steroid dienone is 11. The van der Waals surface area contributed by atoms with Crippen molar-refractivity contribution >= 4 is 5.91 Å². The van der Waals surface area contributed by atoms with Crippen LogP contribution in [0.5, 0.6) is 0 Å². The molecular weight excluding hydrogens is 923 g/mol. The molecule has 0 bridgehead atoms. The molecule has 0 spiro atoms. The molecule has 1 aliphatic rings. The summed E-state index contributed by atoms with van der Waals surface area (Å²) in [4.78, 5) is 13.1. The number of hydrogen-bond donors (Lipinski definition) is 6. The molecule has 1 heterocycles. The monoisotopic (exact) mass is 1040 g/mol. The van der Waals surface area contributed by atoms with Crippen LogP contribution in [0, 0.1) is 0 Å². The van der Waals surface area contributed by atoms with E-state index in [2.05, 4.69) is 79.9 Å². The van der Waals surface area contributed by atoms with Crippen molar-refractivity contribution in [2.75, 3.05) is 13.2 Å². The Morgan fingerprint density at radius 2 is 0.838 bits per heavy atom. The van der Waals surface area contributed by atoms with Crippen LogP contribution in [-0.4, -0.2) is 87.5 Å². The van der Waals surface area contributed by atoms with Crippen LogP contribution in [0.3, 0.4) is 0 Å². The minimum absolute atomic E-state index is 0.175. The van der Waals surface area contributed by atoms with Gasteiger partial charge in [-0.15, -0.1) is 0 Å². The van der Waals surface area contributed by atoms with Gasteiger partial charge in [-0.2, -0.15) is 0 Å². The van der Waals surface area contributed by atoms with E-state index in [1.807, 2.05) is 6.08 Å². The number of aliphatic hydroxyl groups is 5. The first-order valence-electron chi connectivity index (χ1n) is 31.2. The number of aliphatic hydroxyl groups excluding tert-OH is 5. The summed E-state index contributed by atoms with van der Waals surface area (Å²) in [6.07, 6.45) is 68.5. The van der Waals surface area contributed by atoms with Gasteiger partial charge >= 0.3 is 0 Å². The van der Waals surface area contributed by atoms with Crippen LogP contribution >= 0.6 is 0 Å². The van der Waals surface area contributed by atoms with Crippen LogP contribution in [-0.2, 0) is 14.3 Å². The van der Waals surface area contributed by atoms with Crippen molar-refractivity contribution in [3.8, 4) is 0 Å². The minimum Gasteiger partial charge on any atom is -0.394 e. The summed E-state index contributed by atoms with van der Waals surface area (Å²) in [5, 5.41) is 54.5. The van der Waals surface area contributed by atoms with E-state index in [1.54, 1.807) is 6.08 Å². The molecule has 0 saturated carbocycles. The maximum absolute atomic E-state index is 13.1. The SMILES string of the molecule is CC/C=C\C/C=C\C/C=C\C/C=C\C/C=C\CCCCCCCCCCCCCCCCCCCCCCCC(=O)NC(COC1OC(CO)C(O)C(O)C1O)C(O)/C=C/CCCCCCCCCCCCCC. The third-order valence-electron chi connectivity index (χ3n) is 14.5. The molecule has 430 valence electrons. The molecule has 6 N–H and O–H groups in total. The van der Waals surface area contributed by atoms with E-state index in [4.69, 9.17) is 9.47 Å². The fourth-order valence-electron chi connectivity index (χ4n) is 9.66. The normalized spacial score (nSPS) is 19.5. The van der Waals surface area contributed by atoms with E-state index in [0.717, 1.165) is 70.6 Å². The average Bonchev–Trinajstić information content (AvgIpc) is 3.40. The number of ether oxygens (including phenoxy) is 2. The van der Waals surface area contributed by atoms with Crippen molar-refractivity contribution in [1.82, 2.24) is 5.32 Å². The zero-order valence-corrected chi connectivity index (χ0v) is 47.8. The molecule has 0 aromatic heterocycles. The molecule has 74 heavy (non-hydrogen) atoms. The van der Waals surface area contributed by atoms with Gasteiger partial charge in [-0.3, -0.25) is 4.79 Å². The van der Waals surface area contributed by atoms with Gasteiger partial charge in [0.15, 0.2) is 6.29 Å². The van der Waals surface area contributed by atoms with E-state index >= 15 is 0 Å². The number of unbranched alkanes of at least 4 members (excludes halogenated alkanes) is 33. The quantitative estimate of drug-likeness (QED) is 0.0261. The third kappa shape index (κ3) is 42.7. The van der Waals surface area contributed by atoms with E-state index < -0.39 is 49.5 Å². The third-order valence-corrected chi connectivity index (χ3v) is 14.5. The van der Waals surface area contributed by atoms with Gasteiger partial charge in [0.25, 0.3) is 0 Å². The molecule has 0 aliphatic carbocycles. The molecule has 1 rings (SSSR count). The summed E-state index contributed by atoms with van der Waals surface area (Å²) in [6.45, 7) is 3.68. The molecule has 0 aromatic rings. The Bertz CT molecular complexity index is 1390. The largest absolute Gasteiger partial charge is 0.394 e. The number of amides is 1. The van der Waals surface area contributed by atoms with E-state index in [1.165, 1.54) is 186 Å². The number of nitrogens with one attached hydrogen (secondary N) is 1. The molecule has 0 aromatic carbocycles. The smallest absolute Gasteiger partial charge is 0.220 e. The summed E-state index contributed by atoms with van der Waals surface area (Å²) >= 11 is 0. The fourth-order valence-corrected chi connectivity index (χ4v) is 9.66. The molecule has 9 heteroatoms. The first-order chi connectivity index (χ1) is 36.3. The summed E-state index contributed by atoms with van der Waals surface area (Å²) < 4.78 is 11.3. The highest BCUT2D eigenvalue weighted by Gasteiger charge is 2.44. The van der Waals surface area contributed by atoms with Gasteiger partial charge in [0.2, 0.25) is 5.91 Å². The lowest BCUT2D eigenvalue weighted by Gasteiger charge is -2.40. The number of rotatable bonds is 53. The lowest BCUT2D eigenvalue weighted by atomic mass is 9.99. The second-order valence-electron chi connectivity index (χ2n) is 21.5. The summed E-state index contributed by atoms with van der Waals surface area (Å²) in [5.41, 5.74) is 0. The van der Waals surface area contributed by atoms with Gasteiger partial charge in [-0.05, 0) is 64.2 Å². The topological polar surface area (TPSA) is 149 Å². The first kappa shape index (κ1) is 69.6. The molecule has 7 atom stereocenters. The molecule has 1 saturated heterocycles. The van der Waals surface area contributed by atoms with E-state index in [9.17, 15) is 30.3 Å². The summed E-state index contributed by atoms with van der Waals surface area (Å²) in [5.74, 6) is -0.175. The lowest BCUT2D eigenvalue weighted by molar-refractivity contribution is -0.302. The van der Waals surface area contributed by atoms with Crippen molar-refractivity contribution in [1.29, 1.82) is 0 Å². The van der Waals surface area contributed by atoms with Gasteiger partial charge in [0.05, 0.1) is 25.4 Å². The van der Waals surface area contributed by atoms with Crippen LogP contribution in [0.2, 0.25) is 0 Å². The summed E-state index contributed by atoms with van der Waals surface area (Å²) in [6, 6.07) is -0.805. The van der Waals surface area contributed by atoms with Crippen molar-refractivity contribution in [2.24, 2.45) is 0 Å². The predicted molar refractivity (Wildman–Crippen MR) is 313 cm³/mol. The van der Waals surface area contributed by atoms with Crippen molar-refractivity contribution < 1.29 is 39.8 Å². The zero-order valence-electron chi connectivity index (χ0n) is 47.8. The van der Waals surface area contributed by atoms with Crippen LogP contribution in [0.15, 0.2) is 72.9 Å². The highest BCUT2D eigenvalue weighted by atomic mass is 16.7. The Morgan fingerprint density at radius 1 is 0.473 bits per heavy atom. The highest BCUT2D eigenvalue weighted by Crippen LogP contribution is 2.23. The molecule has 7 unspecified atom stereocenters. The van der Waals surface area contributed by atoms with E-state index in [-0.39, 0.29) is 12.5 Å². The predicted octanol–water partition coefficient (Wildman–Crippen LogP) is 16.0. The number of carbonyl (C=O) groups excluding carboxylic acids is 1. The van der Waals surface area contributed by atoms with Crippen LogP contribution in [0.25, 0.3) is 0 Å². The zero-order chi connectivity index (χ0) is 53.6. The Balaban J connectivity index is 2.08. The maximum Gasteiger partial charge on any atom is 0.220 e. The molecule has 1 amide bonds. The Hall–Kier alpha value is -2.37. The van der Waals surface area contributed by atoms with E-state index in [0.29, 0.717) is 6.42 Å². The fraction of sp³-hybridized carbons (Fsp3) is 0.800. The number of hydrogen-bond acceptors (Lipinski definition) is 8. The van der Waals surface area contributed by atoms with Crippen molar-refractivity contribution in [3.63, 3.8) is 0 Å². The van der Waals surface area contributed by atoms with Crippen LogP contribution < -0.4 is 5.32 Å². The average molecular weight is 1040 g/mol. The lowest BCUT2D eigenvalue weighted by Crippen LogP contribution is -2.60. The molecule has 9 nitrogen and oxygen atoms in total. The second kappa shape index (κ2) is 54.0. The molecule has 1 aliphatic heterocycles. The summed E-state index contributed by atoms with van der Waals surface area (Å²) in [7, 11) is 0. The molecule has 0 radical (unpaired) electrons. The maximum atomic E-state index is 13.1. The highest BCUT2D eigenvalue weighted by molar-refractivity contribution is 5.76. The minimum atomic E-state index is -1.57. The first-order valence-corrected chi connectivity index (χ1v) is 31.2. The second-order valence-corrected chi connectivity index (χ2v) is 21.5. The van der Waals surface area contributed by atoms with Gasteiger partial charge in [0, 0.05) is 6.42 Å². The van der Waals surface area contributed by atoms with Gasteiger partial charge < -0.3 is 40.3 Å². The Labute approximate surface area is 455 Å². The van der Waals surface area contributed by atoms with Crippen LogP contribution in [0.1, 0.15) is 277 Å². The Morgan fingerprint density at radius 3 is 1.24 bits per heavy atom. The number of carbonyl (C=O) groups is 1. The standard InChI is InChI=1S/C65H117NO8/c1-3-5-7-9-11-13-15-17-19-20-21-22-23-24-25-26-27-28-29-30-31-32-33-34-35-36-37-38-39-40-41-43-45-47-49-51-53-55-61(69)66-58(57-73-65-64(72)63(71)62(70)60(56-67)74-65)59(68)54-52-50-48-46-44-42-18-16-14-12-10-8-6-4-2/h5,7,11,13,17,19,21-22,24-25,52,54,58-60,62-65,67-68,70-72H,3-4,6,8-10,12,14-16,18,20,23,26-51,53,55-57H2,1-2H3,(H,66,69)/b7-5-,13-11-,19-17-,22-21-,25-24-,54-52+. The van der Waals surface area contributed by atoms with Crippen molar-refractivity contribution in [3.05, 3.63) is 72.9 Å². The van der Waals surface area contributed by atoms with Gasteiger partial charge in [0.1, 0.15) is 24.4 Å². The molecular formula is C65H117NO8. The van der Waals surface area contributed by atoms with Gasteiger partial charge in [-0.1, -0.05) is 279 Å². The molecule has 1 fully saturated rings. The van der Waals surface area contributed by atoms with Crippen molar-refractivity contribution in [2.45, 2.75) is 320 Å². The Kier molecular flexibility index (Phi) is 50.8. The van der Waals surface area contributed by atoms with Crippen LogP contribution in [0.4, 0.5) is 0 Å². The van der Waals surface area contributed by atoms with Gasteiger partial charge in [-0.25, -0.2) is 0 Å².